The van der Waals surface area contributed by atoms with Crippen LogP contribution in [-0.2, 0) is 10.0 Å². The summed E-state index contributed by atoms with van der Waals surface area (Å²) in [6.07, 6.45) is 1.41. The summed E-state index contributed by atoms with van der Waals surface area (Å²) in [5.74, 6) is 0.333. The molecule has 1 aliphatic heterocycles. The predicted octanol–water partition coefficient (Wildman–Crippen LogP) is 3.50. The number of hydrazone groups is 1. The van der Waals surface area contributed by atoms with Crippen LogP contribution >= 0.6 is 0 Å². The van der Waals surface area contributed by atoms with Crippen molar-refractivity contribution in [3.63, 3.8) is 0 Å². The molecule has 32 heavy (non-hydrogen) atoms. The van der Waals surface area contributed by atoms with Crippen LogP contribution in [0.15, 0.2) is 94.8 Å². The summed E-state index contributed by atoms with van der Waals surface area (Å²) < 4.78 is 28.0. The summed E-state index contributed by atoms with van der Waals surface area (Å²) in [5.41, 5.74) is 2.34. The summed E-state index contributed by atoms with van der Waals surface area (Å²) in [7, 11) is -3.72. The number of nitrogens with zero attached hydrogens (tertiary/aromatic N) is 4. The molecule has 7 nitrogen and oxygen atoms in total. The third-order valence-electron chi connectivity index (χ3n) is 5.43. The number of benzene rings is 3. The quantitative estimate of drug-likeness (QED) is 0.482. The van der Waals surface area contributed by atoms with Crippen LogP contribution in [0.25, 0.3) is 16.6 Å². The molecular weight excluding hydrogens is 424 g/mol. The summed E-state index contributed by atoms with van der Waals surface area (Å²) in [6.45, 7) is 0. The molecule has 1 unspecified atom stereocenters. The fourth-order valence-corrected chi connectivity index (χ4v) is 4.87. The lowest BCUT2D eigenvalue weighted by Crippen LogP contribution is -2.32. The maximum atomic E-state index is 13.5. The summed E-state index contributed by atoms with van der Waals surface area (Å²) in [4.78, 5) is 18.3. The van der Waals surface area contributed by atoms with Crippen LogP contribution < -0.4 is 5.56 Å². The second-order valence-electron chi connectivity index (χ2n) is 7.63. The summed E-state index contributed by atoms with van der Waals surface area (Å²) >= 11 is 0. The van der Waals surface area contributed by atoms with E-state index in [0.29, 0.717) is 34.5 Å². The zero-order chi connectivity index (χ0) is 22.3. The van der Waals surface area contributed by atoms with E-state index in [-0.39, 0.29) is 5.56 Å². The van der Waals surface area contributed by atoms with Gasteiger partial charge in [0.25, 0.3) is 5.56 Å². The third kappa shape index (κ3) is 3.48. The standard InChI is InChI=1S/C24H20N4O3S/c1-32(30,31)28-22(16-21(26-28)17-10-4-2-5-11-17)23-25-20-15-9-8-14-19(20)24(29)27(23)18-12-6-3-7-13-18/h2-15,22H,16H2,1H3. The number of fused-ring (bicyclic) bond motifs is 1. The highest BCUT2D eigenvalue weighted by atomic mass is 32.2. The van der Waals surface area contributed by atoms with Crippen LogP contribution in [0.5, 0.6) is 0 Å². The minimum atomic E-state index is -3.72. The Labute approximate surface area is 185 Å². The molecule has 0 saturated heterocycles. The smallest absolute Gasteiger partial charge is 0.266 e. The van der Waals surface area contributed by atoms with Crippen LogP contribution in [0, 0.1) is 0 Å². The SMILES string of the molecule is CS(=O)(=O)N1N=C(c2ccccc2)CC1c1nc2ccccc2c(=O)n1-c1ccccc1. The maximum Gasteiger partial charge on any atom is 0.266 e. The molecule has 3 aromatic carbocycles. The molecule has 4 aromatic rings. The second kappa shape index (κ2) is 7.72. The Morgan fingerprint density at radius 2 is 1.50 bits per heavy atom. The van der Waals surface area contributed by atoms with Gasteiger partial charge in [-0.2, -0.15) is 9.52 Å². The Bertz CT molecular complexity index is 1500. The van der Waals surface area contributed by atoms with Crippen molar-refractivity contribution in [2.24, 2.45) is 5.10 Å². The van der Waals surface area contributed by atoms with Crippen molar-refractivity contribution in [3.8, 4) is 5.69 Å². The lowest BCUT2D eigenvalue weighted by atomic mass is 10.0. The van der Waals surface area contributed by atoms with Gasteiger partial charge in [-0.25, -0.2) is 13.4 Å². The van der Waals surface area contributed by atoms with E-state index in [1.165, 1.54) is 4.57 Å². The van der Waals surface area contributed by atoms with Crippen molar-refractivity contribution < 1.29 is 8.42 Å². The van der Waals surface area contributed by atoms with Gasteiger partial charge in [-0.1, -0.05) is 60.7 Å². The molecule has 0 spiro atoms. The molecule has 0 amide bonds. The Hall–Kier alpha value is -3.78. The molecule has 0 N–H and O–H groups in total. The number of aromatic nitrogens is 2. The first-order valence-corrected chi connectivity index (χ1v) is 12.0. The summed E-state index contributed by atoms with van der Waals surface area (Å²) in [5, 5.41) is 4.90. The Morgan fingerprint density at radius 3 is 2.19 bits per heavy atom. The van der Waals surface area contributed by atoms with Gasteiger partial charge in [0.1, 0.15) is 11.9 Å². The molecule has 0 aliphatic carbocycles. The number of hydrogen-bond acceptors (Lipinski definition) is 5. The van der Waals surface area contributed by atoms with Gasteiger partial charge in [0.05, 0.1) is 28.6 Å². The molecule has 0 radical (unpaired) electrons. The van der Waals surface area contributed by atoms with E-state index in [0.717, 1.165) is 16.2 Å². The number of sulfonamides is 1. The zero-order valence-electron chi connectivity index (χ0n) is 17.3. The lowest BCUT2D eigenvalue weighted by molar-refractivity contribution is 0.356. The van der Waals surface area contributed by atoms with Crippen LogP contribution in [0.3, 0.4) is 0 Å². The average Bonchev–Trinajstić information content (AvgIpc) is 3.26. The van der Waals surface area contributed by atoms with Crippen molar-refractivity contribution >= 4 is 26.6 Å². The number of rotatable bonds is 4. The maximum absolute atomic E-state index is 13.5. The minimum Gasteiger partial charge on any atom is -0.268 e. The first-order valence-electron chi connectivity index (χ1n) is 10.1. The first kappa shape index (κ1) is 20.1. The molecule has 8 heteroatoms. The third-order valence-corrected chi connectivity index (χ3v) is 6.45. The van der Waals surface area contributed by atoms with Crippen molar-refractivity contribution in [1.29, 1.82) is 0 Å². The lowest BCUT2D eigenvalue weighted by Gasteiger charge is -2.24. The van der Waals surface area contributed by atoms with Gasteiger partial charge in [0, 0.05) is 6.42 Å². The summed E-state index contributed by atoms with van der Waals surface area (Å²) in [6, 6.07) is 24.9. The van der Waals surface area contributed by atoms with E-state index in [1.54, 1.807) is 36.4 Å². The molecule has 0 bridgehead atoms. The number of hydrogen-bond donors (Lipinski definition) is 0. The van der Waals surface area contributed by atoms with E-state index in [9.17, 15) is 13.2 Å². The Kier molecular flexibility index (Phi) is 4.86. The van der Waals surface area contributed by atoms with Crippen LogP contribution in [0.2, 0.25) is 0 Å². The molecule has 0 fully saturated rings. The van der Waals surface area contributed by atoms with Crippen molar-refractivity contribution in [1.82, 2.24) is 14.0 Å². The first-order chi connectivity index (χ1) is 15.4. The second-order valence-corrected chi connectivity index (χ2v) is 9.47. The van der Waals surface area contributed by atoms with Gasteiger partial charge >= 0.3 is 0 Å². The largest absolute Gasteiger partial charge is 0.268 e. The molecule has 1 aromatic heterocycles. The van der Waals surface area contributed by atoms with Gasteiger partial charge < -0.3 is 0 Å². The Balaban J connectivity index is 1.76. The van der Waals surface area contributed by atoms with Gasteiger partial charge in [-0.15, -0.1) is 0 Å². The van der Waals surface area contributed by atoms with E-state index in [2.05, 4.69) is 5.10 Å². The van der Waals surface area contributed by atoms with Crippen molar-refractivity contribution in [3.05, 3.63) is 107 Å². The molecule has 5 rings (SSSR count). The molecule has 0 saturated carbocycles. The molecule has 1 atom stereocenters. The zero-order valence-corrected chi connectivity index (χ0v) is 18.1. The predicted molar refractivity (Wildman–Crippen MR) is 124 cm³/mol. The highest BCUT2D eigenvalue weighted by Crippen LogP contribution is 2.34. The van der Waals surface area contributed by atoms with Crippen LogP contribution in [-0.4, -0.2) is 34.4 Å². The van der Waals surface area contributed by atoms with E-state index < -0.39 is 16.1 Å². The fourth-order valence-electron chi connectivity index (χ4n) is 3.99. The minimum absolute atomic E-state index is 0.251. The fraction of sp³-hybridized carbons (Fsp3) is 0.125. The van der Waals surface area contributed by atoms with E-state index in [4.69, 9.17) is 4.98 Å². The normalized spacial score (nSPS) is 16.3. The molecule has 1 aliphatic rings. The van der Waals surface area contributed by atoms with Gasteiger partial charge in [0.15, 0.2) is 0 Å². The van der Waals surface area contributed by atoms with E-state index >= 15 is 0 Å². The monoisotopic (exact) mass is 444 g/mol. The average molecular weight is 445 g/mol. The highest BCUT2D eigenvalue weighted by molar-refractivity contribution is 7.88. The van der Waals surface area contributed by atoms with E-state index in [1.807, 2.05) is 48.5 Å². The number of para-hydroxylation sites is 2. The van der Waals surface area contributed by atoms with Crippen molar-refractivity contribution in [2.45, 2.75) is 12.5 Å². The Morgan fingerprint density at radius 1 is 0.875 bits per heavy atom. The molecular formula is C24H20N4O3S. The van der Waals surface area contributed by atoms with Crippen LogP contribution in [0.4, 0.5) is 0 Å². The highest BCUT2D eigenvalue weighted by Gasteiger charge is 2.38. The molecule has 160 valence electrons. The van der Waals surface area contributed by atoms with Gasteiger partial charge in [0.2, 0.25) is 10.0 Å². The van der Waals surface area contributed by atoms with Crippen LogP contribution in [0.1, 0.15) is 23.9 Å². The van der Waals surface area contributed by atoms with Gasteiger partial charge in [-0.05, 0) is 29.8 Å². The topological polar surface area (TPSA) is 84.6 Å². The molecule has 2 heterocycles. The van der Waals surface area contributed by atoms with Crippen molar-refractivity contribution in [2.75, 3.05) is 6.26 Å². The van der Waals surface area contributed by atoms with Gasteiger partial charge in [-0.3, -0.25) is 9.36 Å².